The van der Waals surface area contributed by atoms with Gasteiger partial charge in [0, 0.05) is 109 Å². The number of carbonyl (C=O) groups is 3. The Kier molecular flexibility index (Phi) is 15.2. The number of ether oxygens (including phenoxy) is 3. The third-order valence-corrected chi connectivity index (χ3v) is 17.6. The average molecular weight is 1180 g/mol. The number of amides is 2. The summed E-state index contributed by atoms with van der Waals surface area (Å²) in [4.78, 5) is 56.0. The molecule has 0 radical (unpaired) electrons. The minimum atomic E-state index is -4.43. The van der Waals surface area contributed by atoms with Crippen molar-refractivity contribution < 1.29 is 46.2 Å². The molecule has 5 fully saturated rings. The first-order chi connectivity index (χ1) is 41.6. The summed E-state index contributed by atoms with van der Waals surface area (Å²) in [6, 6.07) is 17.0. The molecule has 13 rings (SSSR count). The summed E-state index contributed by atoms with van der Waals surface area (Å²) in [5.41, 5.74) is 8.29. The number of aldehydes is 1. The number of alkyl halides is 3. The molecule has 1 aliphatic carbocycles. The first-order valence-electron chi connectivity index (χ1n) is 29.6. The fourth-order valence-electron chi connectivity index (χ4n) is 13.1. The third-order valence-electron chi connectivity index (χ3n) is 17.6. The van der Waals surface area contributed by atoms with Gasteiger partial charge in [-0.2, -0.15) is 38.4 Å². The number of aromatic amines is 1. The van der Waals surface area contributed by atoms with Crippen LogP contribution in [0.1, 0.15) is 103 Å². The van der Waals surface area contributed by atoms with Crippen LogP contribution in [-0.2, 0) is 34.0 Å². The number of halogens is 4. The number of nitrogens with zero attached hydrogens (tertiary/aromatic N) is 9. The number of aromatic nitrogens is 8. The number of benzene rings is 4. The maximum Gasteiger partial charge on any atom is 0.408 e. The molecule has 19 nitrogen and oxygen atoms in total. The highest BCUT2D eigenvalue weighted by Gasteiger charge is 2.42. The minimum absolute atomic E-state index is 0.0595. The molecule has 1 saturated carbocycles. The lowest BCUT2D eigenvalue weighted by molar-refractivity contribution is -0.142. The van der Waals surface area contributed by atoms with Crippen molar-refractivity contribution in [2.75, 3.05) is 50.1 Å². The van der Waals surface area contributed by atoms with Crippen LogP contribution in [-0.4, -0.2) is 133 Å². The maximum atomic E-state index is 16.3. The second kappa shape index (κ2) is 23.1. The average Bonchev–Trinajstić information content (AvgIpc) is 1.36. The van der Waals surface area contributed by atoms with E-state index in [9.17, 15) is 27.6 Å². The van der Waals surface area contributed by atoms with Crippen molar-refractivity contribution >= 4 is 51.4 Å². The van der Waals surface area contributed by atoms with E-state index in [0.29, 0.717) is 114 Å². The minimum Gasteiger partial charge on any atom is -0.486 e. The second-order valence-electron chi connectivity index (χ2n) is 23.7. The molecular formula is C63H67F4N13O6. The molecule has 8 aromatic rings. The molecule has 4 unspecified atom stereocenters. The molecular weight excluding hydrogens is 1110 g/mol. The summed E-state index contributed by atoms with van der Waals surface area (Å²) in [6.07, 6.45) is 6.19. The van der Waals surface area contributed by atoms with Crippen molar-refractivity contribution in [2.45, 2.75) is 128 Å². The highest BCUT2D eigenvalue weighted by atomic mass is 19.4. The van der Waals surface area contributed by atoms with Gasteiger partial charge in [0.05, 0.1) is 30.6 Å². The van der Waals surface area contributed by atoms with E-state index in [1.165, 1.54) is 23.0 Å². The topological polar surface area (TPSA) is 212 Å². The van der Waals surface area contributed by atoms with Crippen molar-refractivity contribution in [2.24, 2.45) is 5.92 Å². The van der Waals surface area contributed by atoms with Gasteiger partial charge in [-0.3, -0.25) is 28.8 Å². The van der Waals surface area contributed by atoms with E-state index in [2.05, 4.69) is 42.2 Å². The standard InChI is InChI=1S/C63H67F4N13O6/c1-34(2)57(61(83)77-19-5-6-53(77)60(82)70-26-36-7-10-39(11-8-36)52-15-18-72-80(52)33-63(65,66)67)79-30-47(51(31-81)76-79)43-14-9-37(22-49(43)68-4)32-85-58-55(54-35(3)48(64)25-50-46(54)28-71-75-50)44(38-12-13-38)24-45-56(58)73-62(86-42-16-20-84-21-17-42)74-59(45)78-29-40-23-41(78)27-69-40/h7-11,14-15,18,22,24-25,28,30-31,34,38,40-42,53,57,68-69H,5-6,12-13,16-17,19-21,23,26-27,29,32-33H2,1-4H3,(H,70,82)(H,71,75). The number of nitrogens with one attached hydrogen (secondary N) is 4. The van der Waals surface area contributed by atoms with Crippen molar-refractivity contribution in [1.82, 2.24) is 55.3 Å². The van der Waals surface area contributed by atoms with Gasteiger partial charge in [-0.05, 0) is 103 Å². The number of anilines is 2. The van der Waals surface area contributed by atoms with Crippen LogP contribution in [0.4, 0.5) is 29.1 Å². The zero-order valence-corrected chi connectivity index (χ0v) is 48.2. The number of hydrogen-bond acceptors (Lipinski definition) is 14. The first-order valence-corrected chi connectivity index (χ1v) is 29.6. The van der Waals surface area contributed by atoms with Gasteiger partial charge in [-0.25, -0.2) is 4.39 Å². The van der Waals surface area contributed by atoms with Gasteiger partial charge >= 0.3 is 12.2 Å². The molecule has 4 saturated heterocycles. The molecule has 86 heavy (non-hydrogen) atoms. The van der Waals surface area contributed by atoms with E-state index >= 15 is 4.39 Å². The van der Waals surface area contributed by atoms with Gasteiger partial charge in [0.1, 0.15) is 54.2 Å². The normalized spacial score (nSPS) is 19.3. The van der Waals surface area contributed by atoms with Gasteiger partial charge < -0.3 is 40.0 Å². The number of piperazine rings is 1. The Hall–Kier alpha value is -8.44. The van der Waals surface area contributed by atoms with Crippen LogP contribution in [0, 0.1) is 18.7 Å². The Bertz CT molecular complexity index is 3890. The SMILES string of the molecule is CNc1cc(COc2c(-c3c(C)c(F)cc4[nH]ncc34)c(C3CC3)cc3c(N4CC5CC4CN5)nc(OC4CCOCC4)nc23)ccc1-c1cn(C(C(=O)N2CCCC2C(=O)NCc2ccc(-c3ccnn3CC(F)(F)F)cc2)C(C)C)nc1C=O. The first kappa shape index (κ1) is 56.7. The van der Waals surface area contributed by atoms with Gasteiger partial charge in [0.15, 0.2) is 12.0 Å². The van der Waals surface area contributed by atoms with Gasteiger partial charge in [0.25, 0.3) is 0 Å². The molecule has 4 N–H and O–H groups in total. The molecule has 0 spiro atoms. The summed E-state index contributed by atoms with van der Waals surface area (Å²) in [7, 11) is 1.79. The van der Waals surface area contributed by atoms with E-state index in [0.717, 1.165) is 75.9 Å². The largest absolute Gasteiger partial charge is 0.486 e. The molecule has 2 amide bonds. The molecule has 5 aliphatic rings. The van der Waals surface area contributed by atoms with Crippen LogP contribution in [0.2, 0.25) is 0 Å². The molecule has 4 atom stereocenters. The summed E-state index contributed by atoms with van der Waals surface area (Å²) in [6.45, 7) is 7.65. The fourth-order valence-corrected chi connectivity index (χ4v) is 13.1. The number of fused-ring (bicyclic) bond motifs is 4. The highest BCUT2D eigenvalue weighted by Crippen LogP contribution is 2.54. The van der Waals surface area contributed by atoms with E-state index in [1.807, 2.05) is 32.0 Å². The number of hydrogen-bond donors (Lipinski definition) is 4. The van der Waals surface area contributed by atoms with Crippen LogP contribution in [0.15, 0.2) is 79.3 Å². The van der Waals surface area contributed by atoms with Crippen molar-refractivity contribution in [3.05, 3.63) is 113 Å². The van der Waals surface area contributed by atoms with E-state index in [4.69, 9.17) is 29.3 Å². The quantitative estimate of drug-likeness (QED) is 0.0439. The number of H-pyrrole nitrogens is 1. The Labute approximate surface area is 493 Å². The molecule has 4 aliphatic heterocycles. The molecule has 23 heteroatoms. The van der Waals surface area contributed by atoms with Crippen molar-refractivity contribution in [3.63, 3.8) is 0 Å². The summed E-state index contributed by atoms with van der Waals surface area (Å²) >= 11 is 0. The molecule has 2 bridgehead atoms. The monoisotopic (exact) mass is 1180 g/mol. The summed E-state index contributed by atoms with van der Waals surface area (Å²) in [5, 5.41) is 27.4. The van der Waals surface area contributed by atoms with Gasteiger partial charge in [-0.15, -0.1) is 0 Å². The van der Waals surface area contributed by atoms with Crippen LogP contribution >= 0.6 is 0 Å². The zero-order valence-electron chi connectivity index (χ0n) is 48.2. The fraction of sp³-hybridized carbons (Fsp3) is 0.429. The lowest BCUT2D eigenvalue weighted by Crippen LogP contribution is -2.48. The summed E-state index contributed by atoms with van der Waals surface area (Å²) < 4.78 is 77.8. The smallest absolute Gasteiger partial charge is 0.408 e. The lowest BCUT2D eigenvalue weighted by Gasteiger charge is -2.31. The van der Waals surface area contributed by atoms with Crippen LogP contribution < -0.4 is 30.3 Å². The van der Waals surface area contributed by atoms with Crippen molar-refractivity contribution in [1.29, 1.82) is 0 Å². The van der Waals surface area contributed by atoms with Gasteiger partial charge in [0.2, 0.25) is 11.8 Å². The van der Waals surface area contributed by atoms with Crippen LogP contribution in [0.5, 0.6) is 11.8 Å². The molecule has 4 aromatic heterocycles. The number of carbonyl (C=O) groups excluding carboxylic acids is 3. The number of likely N-dealkylation sites (tertiary alicyclic amines) is 1. The van der Waals surface area contributed by atoms with E-state index < -0.39 is 24.8 Å². The lowest BCUT2D eigenvalue weighted by atomic mass is 9.88. The zero-order chi connectivity index (χ0) is 59.5. The highest BCUT2D eigenvalue weighted by molar-refractivity contribution is 6.06. The van der Waals surface area contributed by atoms with Gasteiger partial charge in [-0.1, -0.05) is 50.2 Å². The Morgan fingerprint density at radius 3 is 2.48 bits per heavy atom. The predicted octanol–water partition coefficient (Wildman–Crippen LogP) is 9.83. The third kappa shape index (κ3) is 11.0. The Balaban J connectivity index is 0.795. The van der Waals surface area contributed by atoms with Crippen LogP contribution in [0.25, 0.3) is 55.3 Å². The Morgan fingerprint density at radius 1 is 0.953 bits per heavy atom. The second-order valence-corrected chi connectivity index (χ2v) is 23.7. The Morgan fingerprint density at radius 2 is 1.76 bits per heavy atom. The molecule has 4 aromatic carbocycles. The molecule has 8 heterocycles. The van der Waals surface area contributed by atoms with Crippen molar-refractivity contribution in [3.8, 4) is 45.3 Å². The maximum absolute atomic E-state index is 16.3. The summed E-state index contributed by atoms with van der Waals surface area (Å²) in [5.74, 6) is 0.117. The number of rotatable bonds is 19. The van der Waals surface area contributed by atoms with Crippen LogP contribution in [0.3, 0.4) is 0 Å². The van der Waals surface area contributed by atoms with E-state index in [-0.39, 0.29) is 66.5 Å². The predicted molar refractivity (Wildman–Crippen MR) is 314 cm³/mol. The molecule has 448 valence electrons. The van der Waals surface area contributed by atoms with E-state index in [1.54, 1.807) is 55.5 Å².